The van der Waals surface area contributed by atoms with E-state index in [0.29, 0.717) is 18.9 Å². The van der Waals surface area contributed by atoms with Crippen LogP contribution in [0.5, 0.6) is 0 Å². The fourth-order valence-corrected chi connectivity index (χ4v) is 2.40. The standard InChI is InChI=1S/C17H20N6O/c1-3-23-16(9-15(21-23)13-7-5-4-6-8-13)20-17(24)18-10-14-11-22(2)12-19-14/h4-9,11-12H,3,10H2,1-2H3,(H2,18,20,24). The summed E-state index contributed by atoms with van der Waals surface area (Å²) in [7, 11) is 1.89. The molecule has 3 aromatic rings. The van der Waals surface area contributed by atoms with Crippen molar-refractivity contribution in [2.45, 2.75) is 20.0 Å². The molecule has 3 rings (SSSR count). The fourth-order valence-electron chi connectivity index (χ4n) is 2.40. The molecule has 0 aliphatic rings. The molecule has 0 saturated carbocycles. The predicted octanol–water partition coefficient (Wildman–Crippen LogP) is 2.63. The van der Waals surface area contributed by atoms with Gasteiger partial charge in [0.2, 0.25) is 0 Å². The van der Waals surface area contributed by atoms with E-state index in [-0.39, 0.29) is 6.03 Å². The Labute approximate surface area is 140 Å². The minimum atomic E-state index is -0.283. The smallest absolute Gasteiger partial charge is 0.320 e. The third-order valence-corrected chi connectivity index (χ3v) is 3.58. The van der Waals surface area contributed by atoms with E-state index >= 15 is 0 Å². The van der Waals surface area contributed by atoms with Crippen LogP contribution >= 0.6 is 0 Å². The van der Waals surface area contributed by atoms with Crippen LogP contribution in [-0.4, -0.2) is 25.4 Å². The minimum absolute atomic E-state index is 0.283. The molecule has 0 atom stereocenters. The van der Waals surface area contributed by atoms with Crippen LogP contribution in [0.1, 0.15) is 12.6 Å². The van der Waals surface area contributed by atoms with Crippen LogP contribution in [0, 0.1) is 0 Å². The summed E-state index contributed by atoms with van der Waals surface area (Å²) in [5, 5.41) is 10.2. The van der Waals surface area contributed by atoms with Gasteiger partial charge in [-0.05, 0) is 6.92 Å². The van der Waals surface area contributed by atoms with E-state index in [0.717, 1.165) is 17.0 Å². The highest BCUT2D eigenvalue weighted by Gasteiger charge is 2.11. The monoisotopic (exact) mass is 324 g/mol. The lowest BCUT2D eigenvalue weighted by Crippen LogP contribution is -2.29. The number of imidazole rings is 1. The van der Waals surface area contributed by atoms with Gasteiger partial charge in [0.15, 0.2) is 0 Å². The van der Waals surface area contributed by atoms with Crippen molar-refractivity contribution in [1.82, 2.24) is 24.6 Å². The number of amides is 2. The summed E-state index contributed by atoms with van der Waals surface area (Å²) in [5.41, 5.74) is 2.65. The largest absolute Gasteiger partial charge is 0.340 e. The van der Waals surface area contributed by atoms with Crippen molar-refractivity contribution in [3.63, 3.8) is 0 Å². The average molecular weight is 324 g/mol. The Kier molecular flexibility index (Phi) is 4.60. The van der Waals surface area contributed by atoms with Crippen LogP contribution in [0.4, 0.5) is 10.6 Å². The van der Waals surface area contributed by atoms with Crippen LogP contribution < -0.4 is 10.6 Å². The van der Waals surface area contributed by atoms with Crippen LogP contribution in [0.15, 0.2) is 48.9 Å². The highest BCUT2D eigenvalue weighted by molar-refractivity contribution is 5.89. The van der Waals surface area contributed by atoms with Gasteiger partial charge < -0.3 is 9.88 Å². The van der Waals surface area contributed by atoms with Gasteiger partial charge in [-0.1, -0.05) is 30.3 Å². The molecule has 2 amide bonds. The zero-order chi connectivity index (χ0) is 16.9. The normalized spacial score (nSPS) is 10.6. The summed E-state index contributed by atoms with van der Waals surface area (Å²) in [6.45, 7) is 3.03. The Morgan fingerprint density at radius 3 is 2.71 bits per heavy atom. The number of hydrogen-bond acceptors (Lipinski definition) is 3. The number of aromatic nitrogens is 4. The second-order valence-electron chi connectivity index (χ2n) is 5.43. The van der Waals surface area contributed by atoms with Crippen molar-refractivity contribution in [2.24, 2.45) is 7.05 Å². The molecule has 2 aromatic heterocycles. The molecule has 0 aliphatic carbocycles. The van der Waals surface area contributed by atoms with Gasteiger partial charge >= 0.3 is 6.03 Å². The summed E-state index contributed by atoms with van der Waals surface area (Å²) in [6.07, 6.45) is 3.57. The lowest BCUT2D eigenvalue weighted by Gasteiger charge is -2.07. The van der Waals surface area contributed by atoms with Crippen molar-refractivity contribution in [3.05, 3.63) is 54.6 Å². The van der Waals surface area contributed by atoms with Gasteiger partial charge in [0.05, 0.1) is 24.3 Å². The number of nitrogens with one attached hydrogen (secondary N) is 2. The third-order valence-electron chi connectivity index (χ3n) is 3.58. The van der Waals surface area contributed by atoms with E-state index in [4.69, 9.17) is 0 Å². The Balaban J connectivity index is 1.67. The van der Waals surface area contributed by atoms with Crippen molar-refractivity contribution >= 4 is 11.8 Å². The van der Waals surface area contributed by atoms with Crippen LogP contribution in [0.3, 0.4) is 0 Å². The zero-order valence-electron chi connectivity index (χ0n) is 13.7. The first-order valence-electron chi connectivity index (χ1n) is 7.80. The van der Waals surface area contributed by atoms with E-state index in [1.807, 2.05) is 61.1 Å². The Bertz CT molecular complexity index is 821. The van der Waals surface area contributed by atoms with Crippen LogP contribution in [-0.2, 0) is 20.1 Å². The van der Waals surface area contributed by atoms with E-state index in [9.17, 15) is 4.79 Å². The van der Waals surface area contributed by atoms with E-state index in [2.05, 4.69) is 20.7 Å². The van der Waals surface area contributed by atoms with Gasteiger partial charge in [-0.3, -0.25) is 5.32 Å². The number of rotatable bonds is 5. The maximum absolute atomic E-state index is 12.1. The zero-order valence-corrected chi connectivity index (χ0v) is 13.7. The van der Waals surface area contributed by atoms with Crippen molar-refractivity contribution in [3.8, 4) is 11.3 Å². The molecule has 0 bridgehead atoms. The first-order valence-corrected chi connectivity index (χ1v) is 7.80. The highest BCUT2D eigenvalue weighted by atomic mass is 16.2. The minimum Gasteiger partial charge on any atom is -0.340 e. The molecular formula is C17H20N6O. The average Bonchev–Trinajstić information content (AvgIpc) is 3.20. The molecule has 7 nitrogen and oxygen atoms in total. The Hall–Kier alpha value is -3.09. The maximum atomic E-state index is 12.1. The molecule has 7 heteroatoms. The van der Waals surface area contributed by atoms with Crippen LogP contribution in [0.2, 0.25) is 0 Å². The quantitative estimate of drug-likeness (QED) is 0.757. The van der Waals surface area contributed by atoms with Crippen molar-refractivity contribution in [1.29, 1.82) is 0 Å². The number of hydrogen-bond donors (Lipinski definition) is 2. The Morgan fingerprint density at radius 2 is 2.04 bits per heavy atom. The molecular weight excluding hydrogens is 304 g/mol. The van der Waals surface area contributed by atoms with Gasteiger partial charge in [0.25, 0.3) is 0 Å². The number of urea groups is 1. The molecule has 0 saturated heterocycles. The van der Waals surface area contributed by atoms with Gasteiger partial charge in [-0.2, -0.15) is 5.10 Å². The number of nitrogens with zero attached hydrogens (tertiary/aromatic N) is 4. The molecule has 0 spiro atoms. The molecule has 2 N–H and O–H groups in total. The first-order chi connectivity index (χ1) is 11.7. The van der Waals surface area contributed by atoms with Gasteiger partial charge in [0.1, 0.15) is 5.82 Å². The summed E-state index contributed by atoms with van der Waals surface area (Å²) < 4.78 is 3.61. The van der Waals surface area contributed by atoms with Gasteiger partial charge in [-0.15, -0.1) is 0 Å². The molecule has 124 valence electrons. The number of aryl methyl sites for hydroxylation is 2. The SMILES string of the molecule is CCn1nc(-c2ccccc2)cc1NC(=O)NCc1cn(C)cn1. The fraction of sp³-hybridized carbons (Fsp3) is 0.235. The third kappa shape index (κ3) is 3.62. The molecule has 0 aliphatic heterocycles. The topological polar surface area (TPSA) is 76.8 Å². The first kappa shape index (κ1) is 15.8. The molecule has 0 unspecified atom stereocenters. The number of carbonyl (C=O) groups is 1. The second kappa shape index (κ2) is 6.99. The summed E-state index contributed by atoms with van der Waals surface area (Å²) in [6, 6.07) is 11.5. The number of carbonyl (C=O) groups excluding carboxylic acids is 1. The highest BCUT2D eigenvalue weighted by Crippen LogP contribution is 2.21. The van der Waals surface area contributed by atoms with Crippen molar-refractivity contribution < 1.29 is 4.79 Å². The second-order valence-corrected chi connectivity index (χ2v) is 5.43. The lowest BCUT2D eigenvalue weighted by atomic mass is 10.2. The predicted molar refractivity (Wildman–Crippen MR) is 92.4 cm³/mol. The van der Waals surface area contributed by atoms with Gasteiger partial charge in [0, 0.05) is 31.4 Å². The van der Waals surface area contributed by atoms with Crippen molar-refractivity contribution in [2.75, 3.05) is 5.32 Å². The maximum Gasteiger partial charge on any atom is 0.320 e. The summed E-state index contributed by atoms with van der Waals surface area (Å²) in [4.78, 5) is 16.3. The summed E-state index contributed by atoms with van der Waals surface area (Å²) in [5.74, 6) is 0.662. The molecule has 0 fully saturated rings. The lowest BCUT2D eigenvalue weighted by molar-refractivity contribution is 0.251. The molecule has 2 heterocycles. The van der Waals surface area contributed by atoms with Gasteiger partial charge in [-0.25, -0.2) is 14.5 Å². The number of anilines is 1. The van der Waals surface area contributed by atoms with E-state index < -0.39 is 0 Å². The van der Waals surface area contributed by atoms with E-state index in [1.54, 1.807) is 11.0 Å². The van der Waals surface area contributed by atoms with Crippen LogP contribution in [0.25, 0.3) is 11.3 Å². The molecule has 0 radical (unpaired) electrons. The number of benzene rings is 1. The van der Waals surface area contributed by atoms with E-state index in [1.165, 1.54) is 0 Å². The Morgan fingerprint density at radius 1 is 1.25 bits per heavy atom. The summed E-state index contributed by atoms with van der Waals surface area (Å²) >= 11 is 0. The molecule has 1 aromatic carbocycles. The molecule has 24 heavy (non-hydrogen) atoms.